The van der Waals surface area contributed by atoms with Crippen LogP contribution >= 0.6 is 0 Å². The molecule has 1 aromatic heterocycles. The number of amides is 2. The molecule has 98 valence electrons. The number of urea groups is 1. The van der Waals surface area contributed by atoms with Gasteiger partial charge in [-0.1, -0.05) is 11.2 Å². The van der Waals surface area contributed by atoms with E-state index in [0.717, 1.165) is 0 Å². The Balaban J connectivity index is 2.40. The van der Waals surface area contributed by atoms with Gasteiger partial charge in [0.2, 0.25) is 0 Å². The van der Waals surface area contributed by atoms with Crippen molar-refractivity contribution >= 4 is 12.0 Å². The third-order valence-corrected chi connectivity index (χ3v) is 2.11. The third kappa shape index (κ3) is 4.28. The van der Waals surface area contributed by atoms with E-state index in [-0.39, 0.29) is 13.0 Å². The number of aliphatic carboxylic acids is 1. The minimum atomic E-state index is -1.11. The van der Waals surface area contributed by atoms with Gasteiger partial charge in [0, 0.05) is 6.07 Å². The van der Waals surface area contributed by atoms with Crippen LogP contribution in [0.15, 0.2) is 23.2 Å². The van der Waals surface area contributed by atoms with Crippen LogP contribution in [0.25, 0.3) is 0 Å². The van der Waals surface area contributed by atoms with E-state index < -0.39 is 18.0 Å². The summed E-state index contributed by atoms with van der Waals surface area (Å²) in [6.45, 7) is 5.34. The fraction of sp³-hybridized carbons (Fsp3) is 0.364. The van der Waals surface area contributed by atoms with Crippen LogP contribution in [0.3, 0.4) is 0 Å². The molecule has 18 heavy (non-hydrogen) atoms. The highest BCUT2D eigenvalue weighted by Crippen LogP contribution is 2.01. The van der Waals surface area contributed by atoms with Crippen molar-refractivity contribution in [3.05, 3.63) is 30.2 Å². The molecule has 1 rings (SSSR count). The molecule has 1 heterocycles. The van der Waals surface area contributed by atoms with E-state index in [0.29, 0.717) is 11.5 Å². The van der Waals surface area contributed by atoms with Crippen LogP contribution in [0.4, 0.5) is 4.79 Å². The predicted octanol–water partition coefficient (Wildman–Crippen LogP) is 0.812. The molecule has 1 atom stereocenters. The first-order chi connectivity index (χ1) is 8.52. The van der Waals surface area contributed by atoms with Crippen LogP contribution < -0.4 is 10.6 Å². The number of carbonyl (C=O) groups is 2. The third-order valence-electron chi connectivity index (χ3n) is 2.11. The van der Waals surface area contributed by atoms with Gasteiger partial charge in [0.25, 0.3) is 0 Å². The average Bonchev–Trinajstić information content (AvgIpc) is 2.72. The normalized spacial score (nSPS) is 11.6. The molecule has 2 amide bonds. The zero-order valence-electron chi connectivity index (χ0n) is 9.97. The van der Waals surface area contributed by atoms with E-state index in [1.807, 2.05) is 0 Å². The number of rotatable bonds is 6. The molecule has 0 saturated carbocycles. The molecule has 0 aliphatic carbocycles. The summed E-state index contributed by atoms with van der Waals surface area (Å²) in [5.74, 6) is -0.612. The second kappa shape index (κ2) is 6.43. The quantitative estimate of drug-likeness (QED) is 0.651. The van der Waals surface area contributed by atoms with E-state index in [1.54, 1.807) is 13.0 Å². The highest BCUT2D eigenvalue weighted by atomic mass is 16.5. The second-order valence-corrected chi connectivity index (χ2v) is 3.68. The van der Waals surface area contributed by atoms with Crippen molar-refractivity contribution in [1.82, 2.24) is 15.8 Å². The maximum atomic E-state index is 11.4. The Bertz CT molecular complexity index is 441. The molecule has 7 heteroatoms. The molecule has 0 saturated heterocycles. The molecule has 1 aromatic rings. The first-order valence-corrected chi connectivity index (χ1v) is 5.33. The topological polar surface area (TPSA) is 104 Å². The number of aromatic nitrogens is 1. The Hall–Kier alpha value is -2.31. The van der Waals surface area contributed by atoms with Crippen molar-refractivity contribution in [2.75, 3.05) is 0 Å². The first-order valence-electron chi connectivity index (χ1n) is 5.33. The van der Waals surface area contributed by atoms with Crippen LogP contribution in [0.5, 0.6) is 0 Å². The molecule has 0 bridgehead atoms. The zero-order chi connectivity index (χ0) is 13.5. The number of aryl methyl sites for hydroxylation is 1. The summed E-state index contributed by atoms with van der Waals surface area (Å²) in [5, 5.41) is 17.3. The average molecular weight is 253 g/mol. The van der Waals surface area contributed by atoms with Gasteiger partial charge in [0.1, 0.15) is 6.04 Å². The molecule has 0 aromatic carbocycles. The van der Waals surface area contributed by atoms with Gasteiger partial charge in [-0.2, -0.15) is 0 Å². The van der Waals surface area contributed by atoms with Crippen LogP contribution in [0.2, 0.25) is 0 Å². The molecule has 0 aliphatic heterocycles. The first kappa shape index (κ1) is 13.8. The lowest BCUT2D eigenvalue weighted by molar-refractivity contribution is -0.139. The highest BCUT2D eigenvalue weighted by Gasteiger charge is 2.18. The van der Waals surface area contributed by atoms with Crippen LogP contribution in [0, 0.1) is 6.92 Å². The van der Waals surface area contributed by atoms with Crippen molar-refractivity contribution in [2.45, 2.75) is 25.9 Å². The van der Waals surface area contributed by atoms with Gasteiger partial charge < -0.3 is 20.3 Å². The lowest BCUT2D eigenvalue weighted by Gasteiger charge is -2.12. The Morgan fingerprint density at radius 1 is 1.67 bits per heavy atom. The molecular formula is C11H15N3O4. The van der Waals surface area contributed by atoms with E-state index in [2.05, 4.69) is 22.4 Å². The molecule has 0 radical (unpaired) electrons. The van der Waals surface area contributed by atoms with E-state index in [1.165, 1.54) is 6.08 Å². The summed E-state index contributed by atoms with van der Waals surface area (Å²) in [5.41, 5.74) is 0.710. The molecular weight excluding hydrogens is 238 g/mol. The Morgan fingerprint density at radius 2 is 2.39 bits per heavy atom. The Morgan fingerprint density at radius 3 is 2.89 bits per heavy atom. The number of nitrogens with one attached hydrogen (secondary N) is 2. The molecule has 0 aliphatic rings. The van der Waals surface area contributed by atoms with Gasteiger partial charge in [-0.15, -0.1) is 6.58 Å². The predicted molar refractivity (Wildman–Crippen MR) is 62.8 cm³/mol. The van der Waals surface area contributed by atoms with Crippen molar-refractivity contribution in [3.8, 4) is 0 Å². The SMILES string of the molecule is C=CCC(NC(=O)NCc1cc(C)no1)C(=O)O. The van der Waals surface area contributed by atoms with E-state index >= 15 is 0 Å². The van der Waals surface area contributed by atoms with Gasteiger partial charge in [-0.05, 0) is 13.3 Å². The fourth-order valence-electron chi connectivity index (χ4n) is 1.26. The largest absolute Gasteiger partial charge is 0.480 e. The Labute approximate surface area is 104 Å². The number of nitrogens with zero attached hydrogens (tertiary/aromatic N) is 1. The van der Waals surface area contributed by atoms with Gasteiger partial charge in [0.15, 0.2) is 5.76 Å². The van der Waals surface area contributed by atoms with Crippen LogP contribution in [0.1, 0.15) is 17.9 Å². The zero-order valence-corrected chi connectivity index (χ0v) is 9.97. The van der Waals surface area contributed by atoms with Crippen LogP contribution in [-0.2, 0) is 11.3 Å². The number of hydrogen-bond acceptors (Lipinski definition) is 4. The lowest BCUT2D eigenvalue weighted by Crippen LogP contribution is -2.45. The minimum Gasteiger partial charge on any atom is -0.480 e. The van der Waals surface area contributed by atoms with Crippen molar-refractivity contribution < 1.29 is 19.2 Å². The summed E-state index contributed by atoms with van der Waals surface area (Å²) in [4.78, 5) is 22.2. The molecule has 7 nitrogen and oxygen atoms in total. The van der Waals surface area contributed by atoms with Gasteiger partial charge in [-0.3, -0.25) is 0 Å². The summed E-state index contributed by atoms with van der Waals surface area (Å²) >= 11 is 0. The Kier molecular flexibility index (Phi) is 4.91. The van der Waals surface area contributed by atoms with Crippen molar-refractivity contribution in [3.63, 3.8) is 0 Å². The molecule has 1 unspecified atom stereocenters. The standard InChI is InChI=1S/C11H15N3O4/c1-3-4-9(10(15)16)13-11(17)12-6-8-5-7(2)14-18-8/h3,5,9H,1,4,6H2,2H3,(H,15,16)(H2,12,13,17). The smallest absolute Gasteiger partial charge is 0.326 e. The fourth-order valence-corrected chi connectivity index (χ4v) is 1.26. The number of hydrogen-bond donors (Lipinski definition) is 3. The summed E-state index contributed by atoms with van der Waals surface area (Å²) < 4.78 is 4.89. The van der Waals surface area contributed by atoms with Gasteiger partial charge >= 0.3 is 12.0 Å². The lowest BCUT2D eigenvalue weighted by atomic mass is 10.2. The summed E-state index contributed by atoms with van der Waals surface area (Å²) in [6.07, 6.45) is 1.59. The van der Waals surface area contributed by atoms with E-state index in [4.69, 9.17) is 9.63 Å². The number of carboxylic acid groups (broad SMARTS) is 1. The van der Waals surface area contributed by atoms with E-state index in [9.17, 15) is 9.59 Å². The monoisotopic (exact) mass is 253 g/mol. The van der Waals surface area contributed by atoms with Crippen LogP contribution in [-0.4, -0.2) is 28.3 Å². The summed E-state index contributed by atoms with van der Waals surface area (Å²) in [6, 6.07) is 0.107. The van der Waals surface area contributed by atoms with Crippen molar-refractivity contribution in [1.29, 1.82) is 0 Å². The number of carboxylic acids is 1. The molecule has 0 fully saturated rings. The second-order valence-electron chi connectivity index (χ2n) is 3.68. The van der Waals surface area contributed by atoms with Crippen molar-refractivity contribution in [2.24, 2.45) is 0 Å². The number of carbonyl (C=O) groups excluding carboxylic acids is 1. The minimum absolute atomic E-state index is 0.146. The molecule has 0 spiro atoms. The van der Waals surface area contributed by atoms with Gasteiger partial charge in [0.05, 0.1) is 12.2 Å². The maximum Gasteiger partial charge on any atom is 0.326 e. The molecule has 3 N–H and O–H groups in total. The summed E-state index contributed by atoms with van der Waals surface area (Å²) in [7, 11) is 0. The highest BCUT2D eigenvalue weighted by molar-refractivity contribution is 5.82. The maximum absolute atomic E-state index is 11.4. The van der Waals surface area contributed by atoms with Gasteiger partial charge in [-0.25, -0.2) is 9.59 Å².